The van der Waals surface area contributed by atoms with Gasteiger partial charge < -0.3 is 5.32 Å². The van der Waals surface area contributed by atoms with E-state index in [0.717, 1.165) is 31.7 Å². The average Bonchev–Trinajstić information content (AvgIpc) is 2.99. The van der Waals surface area contributed by atoms with E-state index in [4.69, 9.17) is 0 Å². The van der Waals surface area contributed by atoms with Gasteiger partial charge in [-0.1, -0.05) is 25.1 Å². The third-order valence-corrected chi connectivity index (χ3v) is 5.02. The highest BCUT2D eigenvalue weighted by Crippen LogP contribution is 2.37. The maximum atomic E-state index is 4.65. The number of benzene rings is 1. The van der Waals surface area contributed by atoms with Crippen LogP contribution in [0.25, 0.3) is 0 Å². The first kappa shape index (κ1) is 13.7. The minimum Gasteiger partial charge on any atom is -0.313 e. The summed E-state index contributed by atoms with van der Waals surface area (Å²) in [4.78, 5) is 1.44. The van der Waals surface area contributed by atoms with Crippen molar-refractivity contribution in [2.75, 3.05) is 6.54 Å². The van der Waals surface area contributed by atoms with Crippen molar-refractivity contribution in [3.05, 3.63) is 47.3 Å². The van der Waals surface area contributed by atoms with Gasteiger partial charge in [-0.25, -0.2) is 0 Å². The molecule has 0 aliphatic carbocycles. The Morgan fingerprint density at radius 1 is 1.40 bits per heavy atom. The lowest BCUT2D eigenvalue weighted by atomic mass is 10.1. The highest BCUT2D eigenvalue weighted by atomic mass is 32.2. The van der Waals surface area contributed by atoms with E-state index in [0.29, 0.717) is 5.25 Å². The molecule has 0 spiro atoms. The van der Waals surface area contributed by atoms with Crippen LogP contribution < -0.4 is 5.32 Å². The zero-order valence-corrected chi connectivity index (χ0v) is 12.9. The second-order valence-corrected chi connectivity index (χ2v) is 6.64. The Bertz CT molecular complexity index is 566. The summed E-state index contributed by atoms with van der Waals surface area (Å²) in [6, 6.07) is 8.73. The first-order valence-corrected chi connectivity index (χ1v) is 8.12. The van der Waals surface area contributed by atoms with E-state index in [9.17, 15) is 0 Å². The number of nitrogens with zero attached hydrogens (tertiary/aromatic N) is 2. The van der Waals surface area contributed by atoms with Crippen LogP contribution in [-0.2, 0) is 19.5 Å². The molecule has 4 heteroatoms. The lowest BCUT2D eigenvalue weighted by molar-refractivity contribution is 0.590. The summed E-state index contributed by atoms with van der Waals surface area (Å²) in [6.45, 7) is 7.14. The number of thioether (sulfide) groups is 1. The Labute approximate surface area is 124 Å². The Morgan fingerprint density at radius 3 is 3.05 bits per heavy atom. The first-order valence-electron chi connectivity index (χ1n) is 7.24. The molecule has 3 nitrogen and oxygen atoms in total. The predicted octanol–water partition coefficient (Wildman–Crippen LogP) is 3.02. The van der Waals surface area contributed by atoms with Crippen molar-refractivity contribution in [2.45, 2.75) is 43.5 Å². The number of fused-ring (bicyclic) bond motifs is 1. The monoisotopic (exact) mass is 287 g/mol. The van der Waals surface area contributed by atoms with Gasteiger partial charge >= 0.3 is 0 Å². The predicted molar refractivity (Wildman–Crippen MR) is 84.1 cm³/mol. The smallest absolute Gasteiger partial charge is 0.0638 e. The summed E-state index contributed by atoms with van der Waals surface area (Å²) in [7, 11) is 0. The second-order valence-electron chi connectivity index (χ2n) is 5.29. The van der Waals surface area contributed by atoms with E-state index in [1.54, 1.807) is 0 Å². The lowest BCUT2D eigenvalue weighted by Gasteiger charge is -2.08. The fraction of sp³-hybridized carbons (Fsp3) is 0.438. The minimum absolute atomic E-state index is 0.610. The molecule has 1 unspecified atom stereocenters. The molecule has 0 bridgehead atoms. The highest BCUT2D eigenvalue weighted by Gasteiger charge is 2.22. The Hall–Kier alpha value is -1.26. The van der Waals surface area contributed by atoms with E-state index in [1.165, 1.54) is 16.0 Å². The molecule has 3 rings (SSSR count). The molecule has 1 aliphatic rings. The third kappa shape index (κ3) is 2.91. The summed E-state index contributed by atoms with van der Waals surface area (Å²) in [5.74, 6) is 0. The second kappa shape index (κ2) is 6.02. The average molecular weight is 287 g/mol. The fourth-order valence-corrected chi connectivity index (χ4v) is 3.96. The molecule has 1 aromatic heterocycles. The van der Waals surface area contributed by atoms with Crippen molar-refractivity contribution in [3.8, 4) is 0 Å². The first-order chi connectivity index (χ1) is 9.76. The summed E-state index contributed by atoms with van der Waals surface area (Å²) < 4.78 is 2.12. The van der Waals surface area contributed by atoms with Crippen LogP contribution in [0.1, 0.15) is 23.7 Å². The van der Waals surface area contributed by atoms with Gasteiger partial charge in [0, 0.05) is 28.5 Å². The van der Waals surface area contributed by atoms with Gasteiger partial charge in [0.15, 0.2) is 0 Å². The molecule has 1 atom stereocenters. The van der Waals surface area contributed by atoms with Crippen LogP contribution in [-0.4, -0.2) is 21.6 Å². The summed E-state index contributed by atoms with van der Waals surface area (Å²) in [5.41, 5.74) is 3.94. The zero-order chi connectivity index (χ0) is 13.9. The Balaban J connectivity index is 1.65. The van der Waals surface area contributed by atoms with Crippen LogP contribution in [0.3, 0.4) is 0 Å². The molecule has 20 heavy (non-hydrogen) atoms. The number of hydrogen-bond donors (Lipinski definition) is 1. The number of hydrogen-bond acceptors (Lipinski definition) is 3. The molecule has 0 saturated heterocycles. The molecule has 0 amide bonds. The quantitative estimate of drug-likeness (QED) is 0.917. The van der Waals surface area contributed by atoms with Crippen LogP contribution >= 0.6 is 11.8 Å². The lowest BCUT2D eigenvalue weighted by Crippen LogP contribution is -2.13. The Morgan fingerprint density at radius 2 is 2.25 bits per heavy atom. The molecular weight excluding hydrogens is 266 g/mol. The number of aryl methyl sites for hydroxylation is 1. The summed E-state index contributed by atoms with van der Waals surface area (Å²) in [5, 5.41) is 8.63. The van der Waals surface area contributed by atoms with Gasteiger partial charge in [-0.15, -0.1) is 11.8 Å². The van der Waals surface area contributed by atoms with Crippen molar-refractivity contribution >= 4 is 11.8 Å². The van der Waals surface area contributed by atoms with Gasteiger partial charge in [-0.2, -0.15) is 5.10 Å². The Kier molecular flexibility index (Phi) is 4.13. The van der Waals surface area contributed by atoms with E-state index in [1.807, 2.05) is 11.8 Å². The van der Waals surface area contributed by atoms with Crippen molar-refractivity contribution in [1.29, 1.82) is 0 Å². The largest absolute Gasteiger partial charge is 0.313 e. The van der Waals surface area contributed by atoms with Crippen LogP contribution in [0.2, 0.25) is 0 Å². The van der Waals surface area contributed by atoms with Gasteiger partial charge in [0.1, 0.15) is 0 Å². The molecule has 1 aromatic carbocycles. The van der Waals surface area contributed by atoms with Gasteiger partial charge in [0.05, 0.1) is 12.2 Å². The van der Waals surface area contributed by atoms with E-state index in [2.05, 4.69) is 59.4 Å². The van der Waals surface area contributed by atoms with Crippen molar-refractivity contribution in [1.82, 2.24) is 15.1 Å². The molecule has 0 radical (unpaired) electrons. The van der Waals surface area contributed by atoms with Gasteiger partial charge in [-0.05, 0) is 31.5 Å². The molecule has 0 saturated carbocycles. The van der Waals surface area contributed by atoms with Gasteiger partial charge in [-0.3, -0.25) is 4.68 Å². The molecule has 0 fully saturated rings. The molecular formula is C16H21N3S. The molecule has 106 valence electrons. The van der Waals surface area contributed by atoms with Crippen molar-refractivity contribution in [2.24, 2.45) is 0 Å². The highest BCUT2D eigenvalue weighted by molar-refractivity contribution is 8.00. The third-order valence-electron chi connectivity index (χ3n) is 3.72. The topological polar surface area (TPSA) is 29.9 Å². The van der Waals surface area contributed by atoms with Crippen LogP contribution in [0.5, 0.6) is 0 Å². The van der Waals surface area contributed by atoms with Gasteiger partial charge in [0.25, 0.3) is 0 Å². The SMILES string of the molecule is CCNCc1cn(CC2Cc3ccccc3S2)nc1C. The maximum Gasteiger partial charge on any atom is 0.0638 e. The molecule has 2 heterocycles. The van der Waals surface area contributed by atoms with Gasteiger partial charge in [0.2, 0.25) is 0 Å². The molecule has 2 aromatic rings. The fourth-order valence-electron chi connectivity index (χ4n) is 2.65. The minimum atomic E-state index is 0.610. The van der Waals surface area contributed by atoms with E-state index in [-0.39, 0.29) is 0 Å². The normalized spacial score (nSPS) is 17.4. The number of aromatic nitrogens is 2. The number of nitrogens with one attached hydrogen (secondary N) is 1. The summed E-state index contributed by atoms with van der Waals surface area (Å²) >= 11 is 1.99. The maximum absolute atomic E-state index is 4.65. The standard InChI is InChI=1S/C16H21N3S/c1-3-17-9-14-10-19(18-12(14)2)11-15-8-13-6-4-5-7-16(13)20-15/h4-7,10,15,17H,3,8-9,11H2,1-2H3. The zero-order valence-electron chi connectivity index (χ0n) is 12.1. The molecule has 1 aliphatic heterocycles. The summed E-state index contributed by atoms with van der Waals surface area (Å²) in [6.07, 6.45) is 3.35. The number of rotatable bonds is 5. The molecule has 1 N–H and O–H groups in total. The van der Waals surface area contributed by atoms with Crippen molar-refractivity contribution < 1.29 is 0 Å². The van der Waals surface area contributed by atoms with Crippen LogP contribution in [0, 0.1) is 6.92 Å². The van der Waals surface area contributed by atoms with Crippen LogP contribution in [0.4, 0.5) is 0 Å². The van der Waals surface area contributed by atoms with Crippen molar-refractivity contribution in [3.63, 3.8) is 0 Å². The van der Waals surface area contributed by atoms with E-state index < -0.39 is 0 Å². The van der Waals surface area contributed by atoms with Crippen LogP contribution in [0.15, 0.2) is 35.4 Å². The van der Waals surface area contributed by atoms with E-state index >= 15 is 0 Å².